The summed E-state index contributed by atoms with van der Waals surface area (Å²) in [4.78, 5) is 30.0. The molecule has 0 spiro atoms. The van der Waals surface area contributed by atoms with E-state index in [1.165, 1.54) is 31.4 Å². The highest BCUT2D eigenvalue weighted by atomic mass is 19.1. The van der Waals surface area contributed by atoms with Gasteiger partial charge in [0, 0.05) is 29.0 Å². The average molecular weight is 500 g/mol. The number of hydrogen-bond donors (Lipinski definition) is 3. The molecular formula is C29H26FN3O4. The third-order valence-electron chi connectivity index (χ3n) is 6.75. The number of phenolic OH excluding ortho intramolecular Hbond substituents is 1. The van der Waals surface area contributed by atoms with Gasteiger partial charge < -0.3 is 20.5 Å². The highest BCUT2D eigenvalue weighted by Crippen LogP contribution is 2.47. The average Bonchev–Trinajstić information content (AvgIpc) is 3.72. The molecule has 8 heteroatoms. The molecular weight excluding hydrogens is 473 g/mol. The number of carbonyl (C=O) groups excluding carboxylic acids is 2. The van der Waals surface area contributed by atoms with Crippen LogP contribution < -0.4 is 15.4 Å². The van der Waals surface area contributed by atoms with Gasteiger partial charge in [-0.2, -0.15) is 0 Å². The van der Waals surface area contributed by atoms with E-state index in [0.717, 1.165) is 34.9 Å². The van der Waals surface area contributed by atoms with Gasteiger partial charge in [0.2, 0.25) is 11.8 Å². The number of aromatic nitrogens is 1. The Morgan fingerprint density at radius 3 is 2.16 bits per heavy atom. The van der Waals surface area contributed by atoms with Gasteiger partial charge in [-0.05, 0) is 85.3 Å². The maximum absolute atomic E-state index is 13.1. The standard InChI is InChI=1S/C29H26FN3O4/c1-37-26-17-24-23(16-25(26)34)19(12-15-31-24)5-2-18-3-8-21(9-4-18)32-27(35)29(13-14-29)28(36)33-22-10-6-20(30)7-11-22/h3-4,6-12,15-17,34H,2,5,13-14H2,1H3,(H,32,35)(H,33,36). The fraction of sp³-hybridized carbons (Fsp3) is 0.207. The summed E-state index contributed by atoms with van der Waals surface area (Å²) in [7, 11) is 1.50. The second-order valence-electron chi connectivity index (χ2n) is 9.21. The smallest absolute Gasteiger partial charge is 0.240 e. The fourth-order valence-electron chi connectivity index (χ4n) is 4.35. The number of nitrogens with one attached hydrogen (secondary N) is 2. The van der Waals surface area contributed by atoms with Gasteiger partial charge in [0.15, 0.2) is 11.5 Å². The Labute approximate surface area is 213 Å². The van der Waals surface area contributed by atoms with Crippen LogP contribution in [0.2, 0.25) is 0 Å². The molecule has 0 saturated heterocycles. The van der Waals surface area contributed by atoms with Gasteiger partial charge in [-0.25, -0.2) is 4.39 Å². The van der Waals surface area contributed by atoms with Crippen molar-refractivity contribution in [2.45, 2.75) is 25.7 Å². The van der Waals surface area contributed by atoms with Gasteiger partial charge in [-0.1, -0.05) is 12.1 Å². The van der Waals surface area contributed by atoms with E-state index in [1.807, 2.05) is 30.3 Å². The first-order chi connectivity index (χ1) is 17.9. The summed E-state index contributed by atoms with van der Waals surface area (Å²) < 4.78 is 18.3. The number of pyridine rings is 1. The quantitative estimate of drug-likeness (QED) is 0.288. The summed E-state index contributed by atoms with van der Waals surface area (Å²) in [6.45, 7) is 0. The molecule has 0 atom stereocenters. The highest BCUT2D eigenvalue weighted by molar-refractivity contribution is 6.16. The lowest BCUT2D eigenvalue weighted by Gasteiger charge is -2.16. The Morgan fingerprint density at radius 2 is 1.57 bits per heavy atom. The second kappa shape index (κ2) is 9.89. The van der Waals surface area contributed by atoms with Gasteiger partial charge in [0.1, 0.15) is 11.2 Å². The number of ether oxygens (including phenoxy) is 1. The number of nitrogens with zero attached hydrogens (tertiary/aromatic N) is 1. The third kappa shape index (κ3) is 5.09. The van der Waals surface area contributed by atoms with Crippen molar-refractivity contribution >= 4 is 34.1 Å². The molecule has 1 heterocycles. The molecule has 5 rings (SSSR count). The molecule has 7 nitrogen and oxygen atoms in total. The number of anilines is 2. The maximum Gasteiger partial charge on any atom is 0.240 e. The molecule has 3 aromatic carbocycles. The van der Waals surface area contributed by atoms with Crippen molar-refractivity contribution in [1.29, 1.82) is 0 Å². The lowest BCUT2D eigenvalue weighted by molar-refractivity contribution is -0.131. The zero-order chi connectivity index (χ0) is 26.0. The predicted molar refractivity (Wildman–Crippen MR) is 139 cm³/mol. The monoisotopic (exact) mass is 499 g/mol. The molecule has 188 valence electrons. The lowest BCUT2D eigenvalue weighted by atomic mass is 10.0. The van der Waals surface area contributed by atoms with Crippen molar-refractivity contribution in [2.75, 3.05) is 17.7 Å². The van der Waals surface area contributed by atoms with Gasteiger partial charge in [-0.15, -0.1) is 0 Å². The molecule has 0 bridgehead atoms. The van der Waals surface area contributed by atoms with E-state index in [4.69, 9.17) is 4.74 Å². The Hall–Kier alpha value is -4.46. The van der Waals surface area contributed by atoms with Crippen LogP contribution in [0.1, 0.15) is 24.0 Å². The van der Waals surface area contributed by atoms with Crippen molar-refractivity contribution in [2.24, 2.45) is 5.41 Å². The van der Waals surface area contributed by atoms with Crippen LogP contribution in [-0.4, -0.2) is 29.0 Å². The number of phenols is 1. The van der Waals surface area contributed by atoms with Crippen LogP contribution in [0.5, 0.6) is 11.5 Å². The molecule has 2 amide bonds. The van der Waals surface area contributed by atoms with Crippen molar-refractivity contribution < 1.29 is 23.8 Å². The summed E-state index contributed by atoms with van der Waals surface area (Å²) in [6.07, 6.45) is 4.16. The maximum atomic E-state index is 13.1. The fourth-order valence-corrected chi connectivity index (χ4v) is 4.35. The minimum Gasteiger partial charge on any atom is -0.504 e. The predicted octanol–water partition coefficient (Wildman–Crippen LogP) is 5.23. The number of aromatic hydroxyl groups is 1. The van der Waals surface area contributed by atoms with Crippen molar-refractivity contribution in [3.05, 3.63) is 89.9 Å². The van der Waals surface area contributed by atoms with E-state index in [0.29, 0.717) is 30.0 Å². The normalized spacial score (nSPS) is 13.7. The lowest BCUT2D eigenvalue weighted by Crippen LogP contribution is -2.35. The zero-order valence-electron chi connectivity index (χ0n) is 20.3. The molecule has 1 aromatic heterocycles. The number of aryl methyl sites for hydroxylation is 2. The molecule has 0 aliphatic heterocycles. The van der Waals surface area contributed by atoms with Crippen molar-refractivity contribution in [3.63, 3.8) is 0 Å². The molecule has 3 N–H and O–H groups in total. The van der Waals surface area contributed by atoms with Crippen LogP contribution in [0, 0.1) is 11.2 Å². The number of methoxy groups -OCH3 is 1. The summed E-state index contributed by atoms with van der Waals surface area (Å²) in [5.74, 6) is -0.672. The van der Waals surface area contributed by atoms with Gasteiger partial charge >= 0.3 is 0 Å². The van der Waals surface area contributed by atoms with E-state index in [9.17, 15) is 19.1 Å². The zero-order valence-corrected chi connectivity index (χ0v) is 20.3. The topological polar surface area (TPSA) is 101 Å². The van der Waals surface area contributed by atoms with E-state index in [-0.39, 0.29) is 17.6 Å². The SMILES string of the molecule is COc1cc2nccc(CCc3ccc(NC(=O)C4(C(=O)Nc5ccc(F)cc5)CC4)cc3)c2cc1O. The Balaban J connectivity index is 1.21. The number of benzene rings is 3. The molecule has 1 saturated carbocycles. The molecule has 1 aliphatic carbocycles. The molecule has 0 unspecified atom stereocenters. The minimum atomic E-state index is -1.11. The molecule has 1 fully saturated rings. The van der Waals surface area contributed by atoms with Crippen LogP contribution in [0.25, 0.3) is 10.9 Å². The van der Waals surface area contributed by atoms with Crippen LogP contribution in [0.4, 0.5) is 15.8 Å². The number of carbonyl (C=O) groups is 2. The summed E-state index contributed by atoms with van der Waals surface area (Å²) in [6, 6.07) is 18.3. The first kappa shape index (κ1) is 24.2. The van der Waals surface area contributed by atoms with Gasteiger partial charge in [0.05, 0.1) is 12.6 Å². The third-order valence-corrected chi connectivity index (χ3v) is 6.75. The van der Waals surface area contributed by atoms with Gasteiger partial charge in [0.25, 0.3) is 0 Å². The van der Waals surface area contributed by atoms with Crippen LogP contribution in [0.15, 0.2) is 72.9 Å². The molecule has 1 aliphatic rings. The van der Waals surface area contributed by atoms with E-state index >= 15 is 0 Å². The Morgan fingerprint density at radius 1 is 0.946 bits per heavy atom. The van der Waals surface area contributed by atoms with Crippen LogP contribution in [0.3, 0.4) is 0 Å². The Bertz CT molecular complexity index is 1470. The second-order valence-corrected chi connectivity index (χ2v) is 9.21. The first-order valence-corrected chi connectivity index (χ1v) is 12.0. The summed E-state index contributed by atoms with van der Waals surface area (Å²) in [5, 5.41) is 16.6. The number of amides is 2. The van der Waals surface area contributed by atoms with E-state index < -0.39 is 11.2 Å². The molecule has 4 aromatic rings. The van der Waals surface area contributed by atoms with Gasteiger partial charge in [-0.3, -0.25) is 14.6 Å². The molecule has 37 heavy (non-hydrogen) atoms. The number of halogens is 1. The van der Waals surface area contributed by atoms with Crippen LogP contribution in [-0.2, 0) is 22.4 Å². The molecule has 0 radical (unpaired) electrons. The van der Waals surface area contributed by atoms with Crippen molar-refractivity contribution in [3.8, 4) is 11.5 Å². The van der Waals surface area contributed by atoms with E-state index in [1.54, 1.807) is 18.3 Å². The first-order valence-electron chi connectivity index (χ1n) is 12.0. The largest absolute Gasteiger partial charge is 0.504 e. The Kier molecular flexibility index (Phi) is 6.48. The van der Waals surface area contributed by atoms with Crippen LogP contribution >= 0.6 is 0 Å². The summed E-state index contributed by atoms with van der Waals surface area (Å²) in [5.41, 5.74) is 2.85. The number of rotatable bonds is 8. The number of fused-ring (bicyclic) bond motifs is 1. The number of hydrogen-bond acceptors (Lipinski definition) is 5. The highest BCUT2D eigenvalue weighted by Gasteiger charge is 2.56. The summed E-state index contributed by atoms with van der Waals surface area (Å²) >= 11 is 0. The van der Waals surface area contributed by atoms with Crippen molar-refractivity contribution in [1.82, 2.24) is 4.98 Å². The minimum absolute atomic E-state index is 0.0733. The van der Waals surface area contributed by atoms with E-state index in [2.05, 4.69) is 15.6 Å².